The number of nitriles is 1. The minimum Gasteiger partial charge on any atom is -0.192 e. The number of nitrogens with zero attached hydrogens (tertiary/aromatic N) is 1. The van der Waals surface area contributed by atoms with Crippen molar-refractivity contribution in [2.75, 3.05) is 0 Å². The molecule has 0 rings (SSSR count). The first-order valence-corrected chi connectivity index (χ1v) is 1.44. The Morgan fingerprint density at radius 1 is 2.00 bits per heavy atom. The summed E-state index contributed by atoms with van der Waals surface area (Å²) in [5.74, 6) is 0. The molecule has 0 amide bonds. The van der Waals surface area contributed by atoms with Gasteiger partial charge < -0.3 is 0 Å². The van der Waals surface area contributed by atoms with Crippen LogP contribution in [0.15, 0.2) is 11.5 Å². The van der Waals surface area contributed by atoms with Gasteiger partial charge in [0.05, 0.1) is 0 Å². The van der Waals surface area contributed by atoms with E-state index in [9.17, 15) is 0 Å². The molecule has 0 heterocycles. The van der Waals surface area contributed by atoms with Crippen molar-refractivity contribution >= 4 is 12.6 Å². The van der Waals surface area contributed by atoms with Crippen LogP contribution in [0.2, 0.25) is 0 Å². The fourth-order valence-corrected chi connectivity index (χ4v) is 0. The van der Waals surface area contributed by atoms with Crippen molar-refractivity contribution in [3.63, 3.8) is 0 Å². The van der Waals surface area contributed by atoms with E-state index < -0.39 is 0 Å². The molecular weight excluding hydrogens is 82.1 g/mol. The second kappa shape index (κ2) is 1.74. The Morgan fingerprint density at radius 2 is 2.20 bits per heavy atom. The molecule has 0 aliphatic heterocycles. The van der Waals surface area contributed by atoms with Crippen molar-refractivity contribution in [1.29, 1.82) is 5.26 Å². The van der Waals surface area contributed by atoms with E-state index in [0.717, 1.165) is 0 Å². The number of allylic oxidation sites excluding steroid dienone is 1. The maximum Gasteiger partial charge on any atom is 0.110 e. The zero-order chi connectivity index (χ0) is 4.28. The van der Waals surface area contributed by atoms with E-state index in [4.69, 9.17) is 5.26 Å². The summed E-state index contributed by atoms with van der Waals surface area (Å²) in [7, 11) is 0. The Labute approximate surface area is 36.3 Å². The van der Waals surface area contributed by atoms with E-state index in [2.05, 4.69) is 19.2 Å². The molecule has 2 heteroatoms. The zero-order valence-electron chi connectivity index (χ0n) is 2.56. The maximum absolute atomic E-state index is 7.69. The molecule has 0 aliphatic rings. The minimum absolute atomic E-state index is 0.144. The third-order valence-corrected chi connectivity index (χ3v) is 0.216. The molecule has 0 spiro atoms. The molecule has 0 bridgehead atoms. The van der Waals surface area contributed by atoms with Gasteiger partial charge in [0.15, 0.2) is 0 Å². The normalized spacial score (nSPS) is 5.40. The van der Waals surface area contributed by atoms with Gasteiger partial charge in [0.25, 0.3) is 0 Å². The molecule has 0 saturated carbocycles. The van der Waals surface area contributed by atoms with Gasteiger partial charge in [-0.15, -0.1) is 0 Å². The molecule has 0 aromatic heterocycles. The maximum atomic E-state index is 7.69. The minimum atomic E-state index is 0.144. The molecule has 0 unspecified atom stereocenters. The first kappa shape index (κ1) is 4.45. The van der Waals surface area contributed by atoms with Crippen molar-refractivity contribution in [3.8, 4) is 6.07 Å². The van der Waals surface area contributed by atoms with E-state index in [-0.39, 0.29) is 4.91 Å². The van der Waals surface area contributed by atoms with Crippen molar-refractivity contribution in [2.24, 2.45) is 0 Å². The van der Waals surface area contributed by atoms with Gasteiger partial charge in [0, 0.05) is 0 Å². The summed E-state index contributed by atoms with van der Waals surface area (Å²) in [5, 5.41) is 7.69. The molecule has 0 atom stereocenters. The highest BCUT2D eigenvalue weighted by molar-refractivity contribution is 7.84. The summed E-state index contributed by atoms with van der Waals surface area (Å²) in [4.78, 5) is 0.144. The van der Waals surface area contributed by atoms with Crippen LogP contribution in [-0.4, -0.2) is 0 Å². The van der Waals surface area contributed by atoms with E-state index >= 15 is 0 Å². The topological polar surface area (TPSA) is 23.8 Å². The molecule has 0 aromatic carbocycles. The quantitative estimate of drug-likeness (QED) is 0.405. The molecule has 0 N–H and O–H groups in total. The Morgan fingerprint density at radius 3 is 2.20 bits per heavy atom. The Bertz CT molecular complexity index is 79.4. The van der Waals surface area contributed by atoms with Crippen LogP contribution in [0.4, 0.5) is 0 Å². The molecule has 0 saturated heterocycles. The average Bonchev–Trinajstić information content (AvgIpc) is 1.38. The molecule has 5 heavy (non-hydrogen) atoms. The second-order valence-corrected chi connectivity index (χ2v) is 1.03. The highest BCUT2D eigenvalue weighted by Gasteiger charge is 1.68. The van der Waals surface area contributed by atoms with Crippen LogP contribution in [0, 0.1) is 11.3 Å². The van der Waals surface area contributed by atoms with Crippen LogP contribution >= 0.6 is 12.6 Å². The summed E-state index contributed by atoms with van der Waals surface area (Å²) in [5.41, 5.74) is 0. The smallest absolute Gasteiger partial charge is 0.110 e. The Hall–Kier alpha value is -0.550. The van der Waals surface area contributed by atoms with Gasteiger partial charge in [-0.3, -0.25) is 0 Å². The predicted octanol–water partition coefficient (Wildman–Crippen LogP) is 1.22. The van der Waals surface area contributed by atoms with E-state index in [1.54, 1.807) is 6.07 Å². The molecule has 1 radical (unpaired) electrons. The Kier molecular flexibility index (Phi) is 1.55. The van der Waals surface area contributed by atoms with Gasteiger partial charge in [0.1, 0.15) is 11.0 Å². The predicted molar refractivity (Wildman–Crippen MR) is 22.3 cm³/mol. The summed E-state index contributed by atoms with van der Waals surface area (Å²) in [6.07, 6.45) is 0. The third kappa shape index (κ3) is 3.45. The first-order chi connectivity index (χ1) is 2.27. The van der Waals surface area contributed by atoms with E-state index in [1.165, 1.54) is 0 Å². The van der Waals surface area contributed by atoms with Gasteiger partial charge in [-0.1, -0.05) is 19.2 Å². The third-order valence-electron chi connectivity index (χ3n) is 0.125. The van der Waals surface area contributed by atoms with Crippen LogP contribution < -0.4 is 0 Å². The van der Waals surface area contributed by atoms with E-state index in [0.29, 0.717) is 0 Å². The van der Waals surface area contributed by atoms with Crippen molar-refractivity contribution in [1.82, 2.24) is 0 Å². The first-order valence-electron chi connectivity index (χ1n) is 1.03. The van der Waals surface area contributed by atoms with Gasteiger partial charge in [-0.05, 0) is 0 Å². The molecule has 1 nitrogen and oxygen atoms in total. The van der Waals surface area contributed by atoms with Gasteiger partial charge in [0.2, 0.25) is 0 Å². The average molecular weight is 84.1 g/mol. The standard InChI is InChI=1S/C3H2NS/c1-3(5)2-4/h1H2. The number of hydrogen-bond donors (Lipinski definition) is 0. The van der Waals surface area contributed by atoms with Crippen LogP contribution in [0.25, 0.3) is 0 Å². The largest absolute Gasteiger partial charge is 0.192 e. The van der Waals surface area contributed by atoms with Crippen LogP contribution in [0.1, 0.15) is 0 Å². The molecule has 0 fully saturated rings. The molecule has 25 valence electrons. The highest BCUT2D eigenvalue weighted by atomic mass is 32.1. The zero-order valence-corrected chi connectivity index (χ0v) is 3.38. The van der Waals surface area contributed by atoms with Crippen LogP contribution in [0.3, 0.4) is 0 Å². The fraction of sp³-hybridized carbons (Fsp3) is 0. The lowest BCUT2D eigenvalue weighted by Gasteiger charge is -1.58. The summed E-state index contributed by atoms with van der Waals surface area (Å²) in [6, 6.07) is 1.65. The van der Waals surface area contributed by atoms with Gasteiger partial charge in [-0.2, -0.15) is 5.26 Å². The lowest BCUT2D eigenvalue weighted by Crippen LogP contribution is -1.45. The molecule has 0 aliphatic carbocycles. The summed E-state index contributed by atoms with van der Waals surface area (Å²) in [6.45, 7) is 3.13. The van der Waals surface area contributed by atoms with Crippen molar-refractivity contribution < 1.29 is 0 Å². The highest BCUT2D eigenvalue weighted by Crippen LogP contribution is 1.87. The van der Waals surface area contributed by atoms with Crippen LogP contribution in [0.5, 0.6) is 0 Å². The molecular formula is C3H2NS. The van der Waals surface area contributed by atoms with Gasteiger partial charge in [-0.25, -0.2) is 0 Å². The van der Waals surface area contributed by atoms with Crippen LogP contribution in [-0.2, 0) is 0 Å². The van der Waals surface area contributed by atoms with Crippen molar-refractivity contribution in [3.05, 3.63) is 11.5 Å². The monoisotopic (exact) mass is 84.0 g/mol. The number of hydrogen-bond acceptors (Lipinski definition) is 1. The summed E-state index contributed by atoms with van der Waals surface area (Å²) < 4.78 is 0. The van der Waals surface area contributed by atoms with E-state index in [1.807, 2.05) is 0 Å². The summed E-state index contributed by atoms with van der Waals surface area (Å²) >= 11 is 4.22. The molecule has 0 aromatic rings. The lowest BCUT2D eigenvalue weighted by molar-refractivity contribution is 1.53. The van der Waals surface area contributed by atoms with Crippen molar-refractivity contribution in [2.45, 2.75) is 0 Å². The fourth-order valence-electron chi connectivity index (χ4n) is 0. The number of rotatable bonds is 0. The Balaban J connectivity index is 3.35. The SMILES string of the molecule is C=C([S])C#N. The lowest BCUT2D eigenvalue weighted by atomic mass is 10.7. The second-order valence-electron chi connectivity index (χ2n) is 0.535. The van der Waals surface area contributed by atoms with Gasteiger partial charge >= 0.3 is 0 Å².